The molecule has 180 valence electrons. The van der Waals surface area contributed by atoms with Crippen LogP contribution in [0.25, 0.3) is 10.8 Å². The van der Waals surface area contributed by atoms with Gasteiger partial charge in [0.25, 0.3) is 10.0 Å². The zero-order valence-electron chi connectivity index (χ0n) is 20.1. The van der Waals surface area contributed by atoms with Gasteiger partial charge in [-0.25, -0.2) is 8.42 Å². The van der Waals surface area contributed by atoms with Gasteiger partial charge in [0, 0.05) is 42.6 Å². The minimum atomic E-state index is -3.52. The maximum atomic E-state index is 13.5. The van der Waals surface area contributed by atoms with E-state index in [0.717, 1.165) is 61.9 Å². The number of nitrogens with zero attached hydrogens (tertiary/aromatic N) is 3. The van der Waals surface area contributed by atoms with Crippen molar-refractivity contribution in [3.8, 4) is 0 Å². The first-order chi connectivity index (χ1) is 16.6. The Morgan fingerprint density at radius 1 is 0.794 bits per heavy atom. The molecule has 6 heteroatoms. The standard InChI is InChI=1S/C28H35N3O2S/c1-2-3-17-29-18-9-19-30(22-21-29)25-15-16-26-28-24(25)13-7-14-27(28)34(32,33)31(26)20-8-12-23-10-5-4-6-11-23/h4-7,10-11,13-16H,2-3,8-9,12,17-22H2,1H3. The van der Waals surface area contributed by atoms with Crippen LogP contribution in [-0.2, 0) is 16.4 Å². The van der Waals surface area contributed by atoms with Crippen molar-refractivity contribution in [3.05, 3.63) is 66.2 Å². The summed E-state index contributed by atoms with van der Waals surface area (Å²) >= 11 is 0. The lowest BCUT2D eigenvalue weighted by atomic mass is 10.0. The number of sulfonamides is 1. The highest BCUT2D eigenvalue weighted by Crippen LogP contribution is 2.45. The molecule has 34 heavy (non-hydrogen) atoms. The average Bonchev–Trinajstić information content (AvgIpc) is 3.00. The van der Waals surface area contributed by atoms with Gasteiger partial charge in [0.2, 0.25) is 0 Å². The molecule has 0 saturated carbocycles. The van der Waals surface area contributed by atoms with Crippen molar-refractivity contribution in [1.82, 2.24) is 4.90 Å². The molecule has 0 spiro atoms. The van der Waals surface area contributed by atoms with E-state index in [2.05, 4.69) is 41.0 Å². The molecule has 2 heterocycles. The Bertz CT molecular complexity index is 1240. The lowest BCUT2D eigenvalue weighted by Gasteiger charge is -2.26. The molecule has 0 aromatic heterocycles. The zero-order valence-corrected chi connectivity index (χ0v) is 20.9. The van der Waals surface area contributed by atoms with E-state index in [9.17, 15) is 8.42 Å². The van der Waals surface area contributed by atoms with Crippen molar-refractivity contribution in [2.75, 3.05) is 48.5 Å². The molecular formula is C28H35N3O2S. The van der Waals surface area contributed by atoms with E-state index in [-0.39, 0.29) is 0 Å². The van der Waals surface area contributed by atoms with Crippen molar-refractivity contribution < 1.29 is 8.42 Å². The van der Waals surface area contributed by atoms with Gasteiger partial charge in [-0.05, 0) is 62.5 Å². The second-order valence-electron chi connectivity index (χ2n) is 9.48. The Kier molecular flexibility index (Phi) is 6.79. The number of anilines is 2. The van der Waals surface area contributed by atoms with E-state index in [1.807, 2.05) is 30.3 Å². The minimum absolute atomic E-state index is 0.459. The number of aryl methyl sites for hydroxylation is 1. The largest absolute Gasteiger partial charge is 0.370 e. The number of hydrogen-bond donors (Lipinski definition) is 0. The molecule has 5 nitrogen and oxygen atoms in total. The summed E-state index contributed by atoms with van der Waals surface area (Å²) in [6, 6.07) is 20.2. The van der Waals surface area contributed by atoms with Gasteiger partial charge in [-0.1, -0.05) is 55.8 Å². The molecule has 0 bridgehead atoms. The van der Waals surface area contributed by atoms with Gasteiger partial charge in [0.05, 0.1) is 10.6 Å². The smallest absolute Gasteiger partial charge is 0.265 e. The molecule has 1 fully saturated rings. The van der Waals surface area contributed by atoms with Crippen LogP contribution in [0.15, 0.2) is 65.6 Å². The fraction of sp³-hybridized carbons (Fsp3) is 0.429. The summed E-state index contributed by atoms with van der Waals surface area (Å²) < 4.78 is 28.6. The topological polar surface area (TPSA) is 43.9 Å². The molecule has 0 radical (unpaired) electrons. The van der Waals surface area contributed by atoms with Crippen LogP contribution in [0.2, 0.25) is 0 Å². The quantitative estimate of drug-likeness (QED) is 0.442. The molecule has 0 amide bonds. The van der Waals surface area contributed by atoms with Crippen LogP contribution in [0.1, 0.15) is 38.2 Å². The highest BCUT2D eigenvalue weighted by atomic mass is 32.2. The molecule has 3 aromatic rings. The minimum Gasteiger partial charge on any atom is -0.370 e. The fourth-order valence-corrected chi connectivity index (χ4v) is 7.16. The van der Waals surface area contributed by atoms with Gasteiger partial charge in [0.15, 0.2) is 0 Å². The summed E-state index contributed by atoms with van der Waals surface area (Å²) in [7, 11) is -3.52. The molecule has 0 atom stereocenters. The molecule has 1 saturated heterocycles. The highest BCUT2D eigenvalue weighted by Gasteiger charge is 2.36. The van der Waals surface area contributed by atoms with Crippen LogP contribution in [0.4, 0.5) is 11.4 Å². The first-order valence-electron chi connectivity index (χ1n) is 12.7. The van der Waals surface area contributed by atoms with Crippen molar-refractivity contribution in [2.24, 2.45) is 0 Å². The second-order valence-corrected chi connectivity index (χ2v) is 11.3. The summed E-state index contributed by atoms with van der Waals surface area (Å²) in [5.74, 6) is 0. The number of rotatable bonds is 8. The Morgan fingerprint density at radius 2 is 1.62 bits per heavy atom. The molecular weight excluding hydrogens is 442 g/mol. The van der Waals surface area contributed by atoms with Gasteiger partial charge in [-0.15, -0.1) is 0 Å². The maximum absolute atomic E-state index is 13.5. The van der Waals surface area contributed by atoms with Crippen LogP contribution >= 0.6 is 0 Å². The summed E-state index contributed by atoms with van der Waals surface area (Å²) in [5, 5.41) is 1.96. The van der Waals surface area contributed by atoms with Crippen LogP contribution < -0.4 is 9.21 Å². The fourth-order valence-electron chi connectivity index (χ4n) is 5.42. The van der Waals surface area contributed by atoms with Gasteiger partial charge in [0.1, 0.15) is 0 Å². The number of benzene rings is 3. The summed E-state index contributed by atoms with van der Waals surface area (Å²) in [5.41, 5.74) is 3.24. The molecule has 3 aromatic carbocycles. The predicted octanol–water partition coefficient (Wildman–Crippen LogP) is 5.29. The Morgan fingerprint density at radius 3 is 2.44 bits per heavy atom. The molecule has 2 aliphatic rings. The van der Waals surface area contributed by atoms with Crippen LogP contribution in [0.5, 0.6) is 0 Å². The maximum Gasteiger partial charge on any atom is 0.265 e. The summed E-state index contributed by atoms with van der Waals surface area (Å²) in [6.07, 6.45) is 5.27. The SMILES string of the molecule is CCCCN1CCCN(c2ccc3c4c(cccc24)S(=O)(=O)N3CCCc2ccccc2)CC1. The van der Waals surface area contributed by atoms with Crippen molar-refractivity contribution in [1.29, 1.82) is 0 Å². The molecule has 5 rings (SSSR count). The van der Waals surface area contributed by atoms with E-state index in [1.54, 1.807) is 10.4 Å². The van der Waals surface area contributed by atoms with Crippen LogP contribution in [0, 0.1) is 0 Å². The van der Waals surface area contributed by atoms with Crippen molar-refractivity contribution in [2.45, 2.75) is 43.9 Å². The number of unbranched alkanes of at least 4 members (excludes halogenated alkanes) is 1. The third-order valence-electron chi connectivity index (χ3n) is 7.22. The second kappa shape index (κ2) is 9.96. The van der Waals surface area contributed by atoms with Crippen LogP contribution in [0.3, 0.4) is 0 Å². The Balaban J connectivity index is 1.41. The first-order valence-corrected chi connectivity index (χ1v) is 14.1. The van der Waals surface area contributed by atoms with Gasteiger partial charge in [-0.2, -0.15) is 0 Å². The van der Waals surface area contributed by atoms with E-state index in [1.165, 1.54) is 30.6 Å². The summed E-state index contributed by atoms with van der Waals surface area (Å²) in [6.45, 7) is 8.11. The van der Waals surface area contributed by atoms with Gasteiger partial charge < -0.3 is 9.80 Å². The lowest BCUT2D eigenvalue weighted by molar-refractivity contribution is 0.289. The zero-order chi connectivity index (χ0) is 23.5. The van der Waals surface area contributed by atoms with E-state index in [0.29, 0.717) is 11.4 Å². The molecule has 0 aliphatic carbocycles. The molecule has 0 N–H and O–H groups in total. The highest BCUT2D eigenvalue weighted by molar-refractivity contribution is 7.93. The Labute approximate surface area is 204 Å². The summed E-state index contributed by atoms with van der Waals surface area (Å²) in [4.78, 5) is 5.49. The van der Waals surface area contributed by atoms with E-state index < -0.39 is 10.0 Å². The normalized spacial score (nSPS) is 17.9. The van der Waals surface area contributed by atoms with Gasteiger partial charge >= 0.3 is 0 Å². The van der Waals surface area contributed by atoms with E-state index >= 15 is 0 Å². The third kappa shape index (κ3) is 4.41. The third-order valence-corrected chi connectivity index (χ3v) is 9.08. The molecule has 0 unspecified atom stereocenters. The average molecular weight is 478 g/mol. The lowest BCUT2D eigenvalue weighted by Crippen LogP contribution is -2.31. The monoisotopic (exact) mass is 477 g/mol. The van der Waals surface area contributed by atoms with Crippen molar-refractivity contribution >= 4 is 32.2 Å². The van der Waals surface area contributed by atoms with E-state index in [4.69, 9.17) is 0 Å². The predicted molar refractivity (Wildman–Crippen MR) is 141 cm³/mol. The van der Waals surface area contributed by atoms with Crippen LogP contribution in [-0.4, -0.2) is 52.6 Å². The first kappa shape index (κ1) is 23.2. The number of hydrogen-bond acceptors (Lipinski definition) is 4. The van der Waals surface area contributed by atoms with Crippen molar-refractivity contribution in [3.63, 3.8) is 0 Å². The molecule has 2 aliphatic heterocycles. The Hall–Kier alpha value is -2.57. The van der Waals surface area contributed by atoms with Gasteiger partial charge in [-0.3, -0.25) is 4.31 Å².